The van der Waals surface area contributed by atoms with Crippen molar-refractivity contribution in [3.8, 4) is 0 Å². The van der Waals surface area contributed by atoms with Gasteiger partial charge in [0.25, 0.3) is 0 Å². The Kier molecular flexibility index (Phi) is 0.384. The average Bonchev–Trinajstić information content (AvgIpc) is 2.79. The van der Waals surface area contributed by atoms with Crippen molar-refractivity contribution in [3.05, 3.63) is 12.7 Å². The van der Waals surface area contributed by atoms with Gasteiger partial charge in [0.1, 0.15) is 0 Å². The summed E-state index contributed by atoms with van der Waals surface area (Å²) in [5.74, 6) is 8.30. The summed E-state index contributed by atoms with van der Waals surface area (Å²) in [7, 11) is 0. The summed E-state index contributed by atoms with van der Waals surface area (Å²) in [6.07, 6.45) is 3.97. The third kappa shape index (κ3) is 0.210. The highest BCUT2D eigenvalue weighted by Crippen LogP contribution is 3.00. The molecule has 6 fully saturated rings. The molecule has 6 aliphatic carbocycles. The Labute approximate surface area is 66.7 Å². The van der Waals surface area contributed by atoms with Crippen LogP contribution < -0.4 is 0 Å². The standard InChI is InChI=1S/C11H12/c1-2-11-8-4-3-5(9(8)11)7-6(4)10(7)11/h2,4-10H,1,3H2/t4-,5+,6-,7+,8-,9+,10?,11?. The summed E-state index contributed by atoms with van der Waals surface area (Å²) in [5, 5.41) is 0. The molecule has 0 aromatic heterocycles. The predicted molar refractivity (Wildman–Crippen MR) is 41.7 cm³/mol. The van der Waals surface area contributed by atoms with Crippen LogP contribution in [0.25, 0.3) is 0 Å². The van der Waals surface area contributed by atoms with Crippen LogP contribution >= 0.6 is 0 Å². The fourth-order valence-electron chi connectivity index (χ4n) is 6.14. The lowest BCUT2D eigenvalue weighted by molar-refractivity contribution is 0.434. The van der Waals surface area contributed by atoms with Crippen LogP contribution in [0.2, 0.25) is 0 Å². The highest BCUT2D eigenvalue weighted by molar-refractivity contribution is 5.47. The first-order chi connectivity index (χ1) is 5.41. The molecule has 0 saturated heterocycles. The lowest BCUT2D eigenvalue weighted by Gasteiger charge is -2.05. The van der Waals surface area contributed by atoms with E-state index in [-0.39, 0.29) is 0 Å². The molecule has 8 atom stereocenters. The van der Waals surface area contributed by atoms with Crippen molar-refractivity contribution in [1.82, 2.24) is 0 Å². The third-order valence-corrected chi connectivity index (χ3v) is 5.95. The second kappa shape index (κ2) is 0.901. The highest BCUT2D eigenvalue weighted by Gasteiger charge is 2.96. The molecule has 11 heavy (non-hydrogen) atoms. The van der Waals surface area contributed by atoms with Gasteiger partial charge in [0.2, 0.25) is 0 Å². The minimum Gasteiger partial charge on any atom is -0.102 e. The SMILES string of the molecule is C=CC12C3[C@@H]4[C@H]5C[C@@H]([C@H]34)[C@H]1[C@@H]52. The zero-order valence-electron chi connectivity index (χ0n) is 6.53. The minimum atomic E-state index is 0.753. The molecule has 0 aromatic rings. The number of hydrogen-bond donors (Lipinski definition) is 0. The molecule has 56 valence electrons. The van der Waals surface area contributed by atoms with Gasteiger partial charge in [-0.1, -0.05) is 6.08 Å². The van der Waals surface area contributed by atoms with Crippen molar-refractivity contribution in [2.45, 2.75) is 6.42 Å². The molecule has 0 amide bonds. The summed E-state index contributed by atoms with van der Waals surface area (Å²) in [6, 6.07) is 0. The maximum Gasteiger partial charge on any atom is -0.00189 e. The van der Waals surface area contributed by atoms with E-state index in [4.69, 9.17) is 0 Å². The second-order valence-corrected chi connectivity index (χ2v) is 5.50. The number of allylic oxidation sites excluding steroid dienone is 1. The normalized spacial score (nSPS) is 89.3. The molecule has 0 heteroatoms. The summed E-state index contributed by atoms with van der Waals surface area (Å²) < 4.78 is 0. The molecule has 0 N–H and O–H groups in total. The van der Waals surface area contributed by atoms with Gasteiger partial charge < -0.3 is 0 Å². The van der Waals surface area contributed by atoms with Crippen LogP contribution in [0.1, 0.15) is 6.42 Å². The van der Waals surface area contributed by atoms with Gasteiger partial charge in [-0.3, -0.25) is 0 Å². The Bertz CT molecular complexity index is 276. The quantitative estimate of drug-likeness (QED) is 0.493. The Morgan fingerprint density at radius 2 is 1.73 bits per heavy atom. The molecule has 0 nitrogen and oxygen atoms in total. The van der Waals surface area contributed by atoms with Gasteiger partial charge in [-0.05, 0) is 53.3 Å². The van der Waals surface area contributed by atoms with Crippen LogP contribution in [-0.2, 0) is 0 Å². The van der Waals surface area contributed by atoms with Crippen molar-refractivity contribution in [3.63, 3.8) is 0 Å². The van der Waals surface area contributed by atoms with E-state index in [1.165, 1.54) is 29.6 Å². The monoisotopic (exact) mass is 144 g/mol. The topological polar surface area (TPSA) is 0 Å². The van der Waals surface area contributed by atoms with E-state index in [0.717, 1.165) is 17.3 Å². The molecule has 0 aliphatic heterocycles. The molecule has 2 bridgehead atoms. The molecule has 2 unspecified atom stereocenters. The predicted octanol–water partition coefficient (Wildman–Crippen LogP) is 1.93. The lowest BCUT2D eigenvalue weighted by atomic mass is 9.99. The van der Waals surface area contributed by atoms with Crippen LogP contribution in [0.5, 0.6) is 0 Å². The number of rotatable bonds is 1. The van der Waals surface area contributed by atoms with E-state index < -0.39 is 0 Å². The molecule has 0 spiro atoms. The van der Waals surface area contributed by atoms with Crippen molar-refractivity contribution in [2.24, 2.45) is 46.8 Å². The van der Waals surface area contributed by atoms with Gasteiger partial charge in [-0.2, -0.15) is 0 Å². The Morgan fingerprint density at radius 1 is 1.09 bits per heavy atom. The van der Waals surface area contributed by atoms with Crippen molar-refractivity contribution >= 4 is 0 Å². The van der Waals surface area contributed by atoms with E-state index >= 15 is 0 Å². The Morgan fingerprint density at radius 3 is 2.00 bits per heavy atom. The van der Waals surface area contributed by atoms with Gasteiger partial charge >= 0.3 is 0 Å². The highest BCUT2D eigenvalue weighted by atomic mass is 15.0. The van der Waals surface area contributed by atoms with E-state index in [1.807, 2.05) is 0 Å². The zero-order chi connectivity index (χ0) is 6.96. The maximum absolute atomic E-state index is 4.07. The summed E-state index contributed by atoms with van der Waals surface area (Å²) in [5.41, 5.74) is 0.753. The average molecular weight is 144 g/mol. The molecule has 6 aliphatic rings. The van der Waals surface area contributed by atoms with Gasteiger partial charge in [-0.25, -0.2) is 0 Å². The molecule has 0 radical (unpaired) electrons. The summed E-state index contributed by atoms with van der Waals surface area (Å²) >= 11 is 0. The maximum atomic E-state index is 4.07. The molecule has 0 heterocycles. The van der Waals surface area contributed by atoms with Crippen LogP contribution in [-0.4, -0.2) is 0 Å². The Hall–Kier alpha value is -0.260. The van der Waals surface area contributed by atoms with Gasteiger partial charge in [0.15, 0.2) is 0 Å². The molecular formula is C11H12. The van der Waals surface area contributed by atoms with E-state index in [1.54, 1.807) is 6.42 Å². The molecule has 0 aromatic carbocycles. The van der Waals surface area contributed by atoms with Crippen molar-refractivity contribution < 1.29 is 0 Å². The largest absolute Gasteiger partial charge is 0.102 e. The first-order valence-corrected chi connectivity index (χ1v) is 5.05. The van der Waals surface area contributed by atoms with Crippen LogP contribution in [0.3, 0.4) is 0 Å². The first-order valence-electron chi connectivity index (χ1n) is 5.05. The summed E-state index contributed by atoms with van der Waals surface area (Å²) in [6.45, 7) is 4.07. The van der Waals surface area contributed by atoms with Crippen molar-refractivity contribution in [1.29, 1.82) is 0 Å². The third-order valence-electron chi connectivity index (χ3n) is 5.95. The van der Waals surface area contributed by atoms with Crippen LogP contribution in [0.4, 0.5) is 0 Å². The molecule has 6 saturated carbocycles. The van der Waals surface area contributed by atoms with Crippen LogP contribution in [0, 0.1) is 46.8 Å². The summed E-state index contributed by atoms with van der Waals surface area (Å²) in [4.78, 5) is 0. The van der Waals surface area contributed by atoms with Gasteiger partial charge in [0.05, 0.1) is 0 Å². The van der Waals surface area contributed by atoms with E-state index in [9.17, 15) is 0 Å². The van der Waals surface area contributed by atoms with E-state index in [2.05, 4.69) is 12.7 Å². The first kappa shape index (κ1) is 4.69. The Balaban J connectivity index is 1.91. The van der Waals surface area contributed by atoms with Crippen molar-refractivity contribution in [2.75, 3.05) is 0 Å². The molecular weight excluding hydrogens is 132 g/mol. The number of hydrogen-bond acceptors (Lipinski definition) is 0. The fraction of sp³-hybridized carbons (Fsp3) is 0.818. The van der Waals surface area contributed by atoms with Gasteiger partial charge in [0, 0.05) is 0 Å². The van der Waals surface area contributed by atoms with Crippen LogP contribution in [0.15, 0.2) is 12.7 Å². The zero-order valence-corrected chi connectivity index (χ0v) is 6.53. The smallest absolute Gasteiger partial charge is 0.00189 e. The van der Waals surface area contributed by atoms with E-state index in [0.29, 0.717) is 0 Å². The fourth-order valence-corrected chi connectivity index (χ4v) is 6.14. The molecule has 6 rings (SSSR count). The minimum absolute atomic E-state index is 0.753. The second-order valence-electron chi connectivity index (χ2n) is 5.50. The lowest BCUT2D eigenvalue weighted by Crippen LogP contribution is -2.00. The van der Waals surface area contributed by atoms with Gasteiger partial charge in [-0.15, -0.1) is 6.58 Å².